The summed E-state index contributed by atoms with van der Waals surface area (Å²) in [6.07, 6.45) is 1.51. The molecule has 0 aliphatic carbocycles. The number of hydrogen-bond acceptors (Lipinski definition) is 4. The molecule has 0 radical (unpaired) electrons. The predicted molar refractivity (Wildman–Crippen MR) is 193 cm³/mol. The molecule has 45 heavy (non-hydrogen) atoms. The molecule has 1 amide bonds. The summed E-state index contributed by atoms with van der Waals surface area (Å²) in [5.41, 5.74) is 0.799. The first-order valence-electron chi connectivity index (χ1n) is 14.1. The van der Waals surface area contributed by atoms with Crippen molar-refractivity contribution in [2.75, 3.05) is 0 Å². The number of thioether (sulfide) groups is 2. The Morgan fingerprint density at radius 1 is 0.556 bits per heavy atom. The van der Waals surface area contributed by atoms with Crippen LogP contribution >= 0.6 is 54.0 Å². The fourth-order valence-electron chi connectivity index (χ4n) is 4.97. The molecular weight excluding hydrogens is 656 g/mol. The van der Waals surface area contributed by atoms with Crippen molar-refractivity contribution in [1.29, 1.82) is 0 Å². The highest BCUT2D eigenvalue weighted by atomic mass is 35.5. The quantitative estimate of drug-likeness (QED) is 0.115. The topological polar surface area (TPSA) is 42.2 Å². The molecule has 1 heterocycles. The van der Waals surface area contributed by atoms with E-state index < -0.39 is 7.26 Å². The van der Waals surface area contributed by atoms with Crippen LogP contribution in [0.15, 0.2) is 182 Å². The number of nitrogens with one attached hydrogen (secondary N) is 1. The molecule has 5 aromatic carbocycles. The molecule has 0 aliphatic heterocycles. The van der Waals surface area contributed by atoms with Gasteiger partial charge in [-0.3, -0.25) is 10.1 Å². The number of carbonyl (C=O) groups is 1. The lowest BCUT2D eigenvalue weighted by molar-refractivity contribution is 0.0941. The Labute approximate surface area is 282 Å². The van der Waals surface area contributed by atoms with E-state index >= 15 is 0 Å². The molecule has 0 bridgehead atoms. The number of halogens is 2. The van der Waals surface area contributed by atoms with Crippen LogP contribution in [0.5, 0.6) is 0 Å². The van der Waals surface area contributed by atoms with E-state index in [1.165, 1.54) is 6.26 Å². The minimum atomic E-state index is -2.76. The average molecular weight is 684 g/mol. The van der Waals surface area contributed by atoms with E-state index in [-0.39, 0.29) is 11.7 Å². The molecule has 0 saturated carbocycles. The van der Waals surface area contributed by atoms with Crippen LogP contribution in [0.4, 0.5) is 0 Å². The average Bonchev–Trinajstić information content (AvgIpc) is 3.63. The smallest absolute Gasteiger partial charge is 0.293 e. The maximum absolute atomic E-state index is 14.1. The second-order valence-electron chi connectivity index (χ2n) is 9.86. The largest absolute Gasteiger partial charge is 0.459 e. The monoisotopic (exact) mass is 682 g/mol. The summed E-state index contributed by atoms with van der Waals surface area (Å²) in [6, 6.07) is 50.2. The van der Waals surface area contributed by atoms with Gasteiger partial charge in [0.15, 0.2) is 18.5 Å². The van der Waals surface area contributed by atoms with E-state index in [0.29, 0.717) is 10.0 Å². The Morgan fingerprint density at radius 3 is 1.36 bits per heavy atom. The standard InChI is InChI=1S/C37H26Cl2NO2PS2/c38-27-18-22-32(23-19-27)44-37(45-33-24-20-28(39)21-25-33)36(40-35(41)34-17-10-26-42-34)43(29-11-4-1-5-12-29,30-13-6-2-7-14-30)31-15-8-3-9-16-31/h1-26H/p+1. The molecule has 6 aromatic rings. The zero-order valence-electron chi connectivity index (χ0n) is 23.8. The highest BCUT2D eigenvalue weighted by molar-refractivity contribution is 8.23. The maximum Gasteiger partial charge on any atom is 0.293 e. The third-order valence-corrected chi connectivity index (χ3v) is 14.3. The van der Waals surface area contributed by atoms with Gasteiger partial charge in [0.1, 0.15) is 20.2 Å². The fraction of sp³-hybridized carbons (Fsp3) is 0. The summed E-state index contributed by atoms with van der Waals surface area (Å²) in [4.78, 5) is 16.0. The fourth-order valence-corrected chi connectivity index (χ4v) is 12.4. The molecule has 0 spiro atoms. The molecule has 0 atom stereocenters. The Balaban J connectivity index is 1.71. The van der Waals surface area contributed by atoms with Crippen LogP contribution in [0.3, 0.4) is 0 Å². The number of amides is 1. The first kappa shape index (κ1) is 31.3. The van der Waals surface area contributed by atoms with Gasteiger partial charge >= 0.3 is 0 Å². The van der Waals surface area contributed by atoms with Gasteiger partial charge < -0.3 is 4.42 Å². The summed E-state index contributed by atoms with van der Waals surface area (Å²) in [7, 11) is -2.76. The molecule has 222 valence electrons. The molecule has 0 unspecified atom stereocenters. The number of carbonyl (C=O) groups excluding carboxylic acids is 1. The van der Waals surface area contributed by atoms with Gasteiger partial charge in [-0.1, -0.05) is 101 Å². The normalized spacial score (nSPS) is 11.2. The van der Waals surface area contributed by atoms with Crippen molar-refractivity contribution in [3.05, 3.63) is 183 Å². The lowest BCUT2D eigenvalue weighted by Crippen LogP contribution is -2.38. The molecular formula is C37H27Cl2NO2PS2+. The van der Waals surface area contributed by atoms with Crippen molar-refractivity contribution in [3.63, 3.8) is 0 Å². The van der Waals surface area contributed by atoms with Crippen LogP contribution < -0.4 is 21.2 Å². The summed E-state index contributed by atoms with van der Waals surface area (Å²) < 4.78 is 6.51. The lowest BCUT2D eigenvalue weighted by Gasteiger charge is -2.31. The van der Waals surface area contributed by atoms with Gasteiger partial charge in [-0.15, -0.1) is 0 Å². The van der Waals surface area contributed by atoms with Gasteiger partial charge in [0.25, 0.3) is 5.91 Å². The maximum atomic E-state index is 14.1. The van der Waals surface area contributed by atoms with E-state index in [1.807, 2.05) is 66.7 Å². The van der Waals surface area contributed by atoms with Crippen LogP contribution in [0, 0.1) is 0 Å². The van der Waals surface area contributed by atoms with Gasteiger partial charge in [0.2, 0.25) is 0 Å². The van der Waals surface area contributed by atoms with Crippen molar-refractivity contribution in [1.82, 2.24) is 5.32 Å². The Bertz CT molecular complexity index is 1740. The number of hydrogen-bond donors (Lipinski definition) is 1. The zero-order chi connectivity index (χ0) is 31.1. The van der Waals surface area contributed by atoms with E-state index in [0.717, 1.165) is 35.4 Å². The van der Waals surface area contributed by atoms with Crippen molar-refractivity contribution < 1.29 is 9.21 Å². The Kier molecular flexibility index (Phi) is 10.1. The first-order chi connectivity index (χ1) is 22.0. The van der Waals surface area contributed by atoms with Crippen LogP contribution in [0.2, 0.25) is 10.0 Å². The molecule has 3 nitrogen and oxygen atoms in total. The third kappa shape index (κ3) is 7.09. The van der Waals surface area contributed by atoms with Crippen molar-refractivity contribution in [2.45, 2.75) is 9.79 Å². The summed E-state index contributed by atoms with van der Waals surface area (Å²) in [5.74, 6) is -0.0970. The van der Waals surface area contributed by atoms with Gasteiger partial charge in [0, 0.05) is 19.8 Å². The second-order valence-corrected chi connectivity index (χ2v) is 16.5. The minimum Gasteiger partial charge on any atom is -0.459 e. The van der Waals surface area contributed by atoms with Crippen molar-refractivity contribution in [3.8, 4) is 0 Å². The molecule has 8 heteroatoms. The molecule has 1 aromatic heterocycles. The van der Waals surface area contributed by atoms with Gasteiger partial charge in [-0.05, 0) is 97.1 Å². The molecule has 0 saturated heterocycles. The highest BCUT2D eigenvalue weighted by Crippen LogP contribution is 2.65. The van der Waals surface area contributed by atoms with Gasteiger partial charge in [0.05, 0.1) is 6.26 Å². The third-order valence-electron chi connectivity index (χ3n) is 6.98. The predicted octanol–water partition coefficient (Wildman–Crippen LogP) is 10.0. The first-order valence-corrected chi connectivity index (χ1v) is 18.2. The second kappa shape index (κ2) is 14.6. The molecule has 0 fully saturated rings. The molecule has 1 N–H and O–H groups in total. The van der Waals surface area contributed by atoms with E-state index in [9.17, 15) is 4.79 Å². The van der Waals surface area contributed by atoms with Crippen LogP contribution in [-0.2, 0) is 0 Å². The summed E-state index contributed by atoms with van der Waals surface area (Å²) in [6.45, 7) is 0. The van der Waals surface area contributed by atoms with Gasteiger partial charge in [-0.25, -0.2) is 0 Å². The highest BCUT2D eigenvalue weighted by Gasteiger charge is 2.52. The van der Waals surface area contributed by atoms with Crippen molar-refractivity contribution >= 4 is 75.8 Å². The van der Waals surface area contributed by atoms with Gasteiger partial charge in [-0.2, -0.15) is 0 Å². The van der Waals surface area contributed by atoms with E-state index in [4.69, 9.17) is 27.6 Å². The van der Waals surface area contributed by atoms with E-state index in [1.54, 1.807) is 35.7 Å². The van der Waals surface area contributed by atoms with Crippen LogP contribution in [0.25, 0.3) is 0 Å². The summed E-state index contributed by atoms with van der Waals surface area (Å²) >= 11 is 15.8. The van der Waals surface area contributed by atoms with Crippen molar-refractivity contribution in [2.24, 2.45) is 0 Å². The molecule has 6 rings (SSSR count). The Hall–Kier alpha value is -3.70. The number of rotatable bonds is 10. The number of furan rings is 1. The lowest BCUT2D eigenvalue weighted by atomic mass is 10.4. The number of benzene rings is 5. The zero-order valence-corrected chi connectivity index (χ0v) is 27.9. The molecule has 0 aliphatic rings. The van der Waals surface area contributed by atoms with Crippen LogP contribution in [0.1, 0.15) is 10.6 Å². The SMILES string of the molecule is O=C(NC(=C(Sc1ccc(Cl)cc1)Sc1ccc(Cl)cc1)[P+](c1ccccc1)(c1ccccc1)c1ccccc1)c1ccco1. The van der Waals surface area contributed by atoms with Crippen LogP contribution in [-0.4, -0.2) is 5.91 Å². The minimum absolute atomic E-state index is 0.229. The Morgan fingerprint density at radius 2 is 0.978 bits per heavy atom. The van der Waals surface area contributed by atoms with E-state index in [2.05, 4.69) is 78.1 Å². The summed E-state index contributed by atoms with van der Waals surface area (Å²) in [5, 5.41) is 8.03.